The molecule has 1 saturated carbocycles. The van der Waals surface area contributed by atoms with E-state index in [1.165, 1.54) is 0 Å². The van der Waals surface area contributed by atoms with E-state index < -0.39 is 81.0 Å². The van der Waals surface area contributed by atoms with E-state index in [-0.39, 0.29) is 0 Å². The molecule has 1 aliphatic carbocycles. The van der Waals surface area contributed by atoms with Gasteiger partial charge in [-0.25, -0.2) is 0 Å². The zero-order chi connectivity index (χ0) is 26.3. The van der Waals surface area contributed by atoms with E-state index in [0.717, 1.165) is 0 Å². The zero-order valence-corrected chi connectivity index (χ0v) is 15.2. The van der Waals surface area contributed by atoms with E-state index in [2.05, 4.69) is 18.9 Å². The Morgan fingerprint density at radius 1 is 0.485 bits per heavy atom. The molecule has 198 valence electrons. The molecular weight excluding hydrogens is 524 g/mol. The maximum absolute atomic E-state index is 14.5. The fraction of sp³-hybridized carbons (Fsp3) is 1.00. The molecule has 2 atom stereocenters. The van der Waals surface area contributed by atoms with Crippen molar-refractivity contribution in [2.24, 2.45) is 0 Å². The quantitative estimate of drug-likeness (QED) is 0.324. The van der Waals surface area contributed by atoms with Gasteiger partial charge in [-0.15, -0.1) is 0 Å². The topological polar surface area (TPSA) is 36.9 Å². The Morgan fingerprint density at radius 2 is 0.788 bits per heavy atom. The summed E-state index contributed by atoms with van der Waals surface area (Å²) in [5.74, 6) is -17.9. The molecule has 0 aromatic heterocycles. The average Bonchev–Trinajstić information content (AvgIpc) is 2.66. The lowest BCUT2D eigenvalue weighted by molar-refractivity contribution is -0.406. The molecule has 20 heteroatoms. The smallest absolute Gasteiger partial charge is 0.360 e. The number of alkyl halides is 16. The van der Waals surface area contributed by atoms with Gasteiger partial charge < -0.3 is 18.9 Å². The van der Waals surface area contributed by atoms with Crippen LogP contribution in [-0.2, 0) is 18.9 Å². The summed E-state index contributed by atoms with van der Waals surface area (Å²) < 4.78 is 220. The summed E-state index contributed by atoms with van der Waals surface area (Å²) in [7, 11) is 0. The Balaban J connectivity index is 3.64. The van der Waals surface area contributed by atoms with Crippen molar-refractivity contribution in [3.63, 3.8) is 0 Å². The Bertz CT molecular complexity index is 631. The highest BCUT2D eigenvalue weighted by atomic mass is 19.4. The van der Waals surface area contributed by atoms with Gasteiger partial charge in [0.15, 0.2) is 12.2 Å². The minimum Gasteiger partial charge on any atom is -0.360 e. The molecule has 1 fully saturated rings. The van der Waals surface area contributed by atoms with Crippen LogP contribution in [0.2, 0.25) is 0 Å². The summed E-state index contributed by atoms with van der Waals surface area (Å²) in [4.78, 5) is 0. The minimum atomic E-state index is -6.43. The standard InChI is InChI=1S/C13H10F16O4/c14-7(15,16)1-30-5-6(31-2-8(17,18)19)12(32-3-9(20,21)22,33-4-10(23,24)25)13(28,29)11(5,26)27/h5-6H,1-4H2/t5-,6+/m1/s1. The predicted molar refractivity (Wildman–Crippen MR) is 68.2 cm³/mol. The highest BCUT2D eigenvalue weighted by molar-refractivity contribution is 5.17. The predicted octanol–water partition coefficient (Wildman–Crippen LogP) is 5.02. The molecule has 1 rings (SSSR count). The second kappa shape index (κ2) is 9.06. The van der Waals surface area contributed by atoms with E-state index in [4.69, 9.17) is 0 Å². The molecule has 0 bridgehead atoms. The lowest BCUT2D eigenvalue weighted by Gasteiger charge is -2.39. The summed E-state index contributed by atoms with van der Waals surface area (Å²) in [6.45, 7) is -12.0. The summed E-state index contributed by atoms with van der Waals surface area (Å²) in [5.41, 5.74) is 0. The first-order valence-electron chi connectivity index (χ1n) is 7.88. The van der Waals surface area contributed by atoms with Gasteiger partial charge in [-0.05, 0) is 0 Å². The van der Waals surface area contributed by atoms with E-state index in [1.54, 1.807) is 0 Å². The van der Waals surface area contributed by atoms with Crippen LogP contribution in [0.25, 0.3) is 0 Å². The number of hydrogen-bond acceptors (Lipinski definition) is 4. The van der Waals surface area contributed by atoms with Gasteiger partial charge in [0.05, 0.1) is 0 Å². The van der Waals surface area contributed by atoms with Gasteiger partial charge in [-0.2, -0.15) is 70.2 Å². The van der Waals surface area contributed by atoms with Crippen LogP contribution in [0, 0.1) is 0 Å². The van der Waals surface area contributed by atoms with Gasteiger partial charge >= 0.3 is 36.6 Å². The molecule has 1 aliphatic rings. The molecule has 0 radical (unpaired) electrons. The highest BCUT2D eigenvalue weighted by Gasteiger charge is 2.86. The van der Waals surface area contributed by atoms with Crippen LogP contribution in [0.1, 0.15) is 0 Å². The highest BCUT2D eigenvalue weighted by Crippen LogP contribution is 2.58. The molecule has 0 spiro atoms. The van der Waals surface area contributed by atoms with Crippen LogP contribution < -0.4 is 0 Å². The normalized spacial score (nSPS) is 25.5. The van der Waals surface area contributed by atoms with E-state index in [1.807, 2.05) is 0 Å². The Labute approximate surface area is 171 Å². The first-order valence-corrected chi connectivity index (χ1v) is 7.88. The van der Waals surface area contributed by atoms with Crippen LogP contribution in [-0.4, -0.2) is 81.0 Å². The molecule has 0 aromatic carbocycles. The monoisotopic (exact) mass is 534 g/mol. The summed E-state index contributed by atoms with van der Waals surface area (Å²) in [5, 5.41) is 0. The Morgan fingerprint density at radius 3 is 1.09 bits per heavy atom. The van der Waals surface area contributed by atoms with Crippen molar-refractivity contribution in [2.75, 3.05) is 26.4 Å². The van der Waals surface area contributed by atoms with Crippen LogP contribution in [0.15, 0.2) is 0 Å². The molecular formula is C13H10F16O4. The zero-order valence-electron chi connectivity index (χ0n) is 15.2. The maximum atomic E-state index is 14.5. The fourth-order valence-corrected chi connectivity index (χ4v) is 2.50. The van der Waals surface area contributed by atoms with Crippen molar-refractivity contribution in [2.45, 2.75) is 54.5 Å². The number of ether oxygens (including phenoxy) is 4. The van der Waals surface area contributed by atoms with Crippen molar-refractivity contribution in [3.8, 4) is 0 Å². The second-order valence-electron chi connectivity index (χ2n) is 6.37. The maximum Gasteiger partial charge on any atom is 0.411 e. The van der Waals surface area contributed by atoms with Crippen molar-refractivity contribution < 1.29 is 89.2 Å². The average molecular weight is 534 g/mol. The molecule has 0 heterocycles. The van der Waals surface area contributed by atoms with Gasteiger partial charge in [-0.3, -0.25) is 0 Å². The van der Waals surface area contributed by atoms with Gasteiger partial charge in [0.2, 0.25) is 0 Å². The van der Waals surface area contributed by atoms with E-state index in [9.17, 15) is 70.2 Å². The molecule has 0 amide bonds. The number of hydrogen-bond donors (Lipinski definition) is 0. The van der Waals surface area contributed by atoms with E-state index >= 15 is 0 Å². The third-order valence-electron chi connectivity index (χ3n) is 3.62. The first-order chi connectivity index (χ1) is 14.3. The molecule has 0 N–H and O–H groups in total. The van der Waals surface area contributed by atoms with Crippen molar-refractivity contribution in [1.82, 2.24) is 0 Å². The third kappa shape index (κ3) is 7.35. The lowest BCUT2D eigenvalue weighted by Crippen LogP contribution is -2.61. The molecule has 33 heavy (non-hydrogen) atoms. The van der Waals surface area contributed by atoms with Crippen LogP contribution in [0.4, 0.5) is 70.2 Å². The lowest BCUT2D eigenvalue weighted by atomic mass is 10.1. The Hall–Kier alpha value is -1.28. The molecule has 0 aromatic rings. The van der Waals surface area contributed by atoms with Crippen molar-refractivity contribution >= 4 is 0 Å². The molecule has 0 aliphatic heterocycles. The SMILES string of the molecule is FC(F)(F)CO[C@@H]1[C@H](OCC(F)(F)F)C(OCC(F)(F)F)(OCC(F)(F)F)C(F)(F)C1(F)F. The largest absolute Gasteiger partial charge is 0.411 e. The fourth-order valence-electron chi connectivity index (χ4n) is 2.50. The van der Waals surface area contributed by atoms with Gasteiger partial charge in [0.25, 0.3) is 5.79 Å². The van der Waals surface area contributed by atoms with Crippen LogP contribution >= 0.6 is 0 Å². The number of halogens is 16. The Kier molecular flexibility index (Phi) is 8.17. The van der Waals surface area contributed by atoms with Gasteiger partial charge in [0.1, 0.15) is 26.4 Å². The first kappa shape index (κ1) is 29.8. The summed E-state index contributed by atoms with van der Waals surface area (Å²) >= 11 is 0. The van der Waals surface area contributed by atoms with Crippen LogP contribution in [0.3, 0.4) is 0 Å². The molecule has 0 unspecified atom stereocenters. The van der Waals surface area contributed by atoms with Crippen molar-refractivity contribution in [1.29, 1.82) is 0 Å². The summed E-state index contributed by atoms with van der Waals surface area (Å²) in [6, 6.07) is 0. The van der Waals surface area contributed by atoms with Gasteiger partial charge in [-0.1, -0.05) is 0 Å². The van der Waals surface area contributed by atoms with Gasteiger partial charge in [0, 0.05) is 0 Å². The summed E-state index contributed by atoms with van der Waals surface area (Å²) in [6.07, 6.45) is -31.0. The van der Waals surface area contributed by atoms with Crippen LogP contribution in [0.5, 0.6) is 0 Å². The third-order valence-corrected chi connectivity index (χ3v) is 3.62. The molecule has 0 saturated heterocycles. The van der Waals surface area contributed by atoms with Crippen molar-refractivity contribution in [3.05, 3.63) is 0 Å². The second-order valence-corrected chi connectivity index (χ2v) is 6.37. The number of rotatable bonds is 8. The minimum absolute atomic E-state index is 2.89. The molecule has 4 nitrogen and oxygen atoms in total. The van der Waals surface area contributed by atoms with E-state index in [0.29, 0.717) is 0 Å².